The standard InChI is InChI=1S/C29H67F3O10Si5/c1-25(33)22-37-26(2)23-35-17-14-19-43(5,6)39-45(9,10)41-47(13,21-16-29(30,31)32)42-46(11,12)40-44(7,8)20-15-18-36-24-27(3)38-28(4)34/h25-28,33-34H,14-24H2,1-13H3. The molecule has 0 aliphatic heterocycles. The lowest BCUT2D eigenvalue weighted by Crippen LogP contribution is -2.60. The molecule has 0 rings (SSSR count). The number of aliphatic hydroxyl groups is 2. The molecule has 5 atom stereocenters. The Hall–Kier alpha value is 0.474. The van der Waals surface area contributed by atoms with Crippen LogP contribution in [-0.4, -0.2) is 116 Å². The molecule has 0 amide bonds. The Balaban J connectivity index is 5.24. The fraction of sp³-hybridized carbons (Fsp3) is 1.00. The molecule has 0 saturated carbocycles. The van der Waals surface area contributed by atoms with E-state index in [4.69, 9.17) is 35.4 Å². The molecule has 0 aromatic rings. The van der Waals surface area contributed by atoms with Crippen LogP contribution in [0.3, 0.4) is 0 Å². The minimum absolute atomic E-state index is 0.124. The Kier molecular flexibility index (Phi) is 21.3. The molecule has 0 aliphatic rings. The van der Waals surface area contributed by atoms with Gasteiger partial charge >= 0.3 is 31.9 Å². The maximum Gasteiger partial charge on any atom is 0.389 e. The molecule has 47 heavy (non-hydrogen) atoms. The maximum absolute atomic E-state index is 13.5. The van der Waals surface area contributed by atoms with Crippen molar-refractivity contribution in [1.82, 2.24) is 0 Å². The molecule has 0 radical (unpaired) electrons. The van der Waals surface area contributed by atoms with Gasteiger partial charge in [-0.05, 0) is 118 Å². The zero-order valence-corrected chi connectivity index (χ0v) is 36.4. The molecule has 0 aromatic heterocycles. The molecular formula is C29H67F3O10Si5. The zero-order chi connectivity index (χ0) is 36.7. The van der Waals surface area contributed by atoms with Gasteiger partial charge in [0.1, 0.15) is 0 Å². The lowest BCUT2D eigenvalue weighted by molar-refractivity contribution is -0.135. The SMILES string of the molecule is CC(O)COC(C)COCCC[Si](C)(C)O[Si](C)(C)O[Si](C)(CCC(F)(F)F)O[Si](C)(C)O[Si](C)(C)CCCOCC(C)OC(C)O. The Morgan fingerprint density at radius 3 is 1.40 bits per heavy atom. The predicted octanol–water partition coefficient (Wildman–Crippen LogP) is 7.23. The van der Waals surface area contributed by atoms with Crippen molar-refractivity contribution in [3.8, 4) is 0 Å². The first-order valence-corrected chi connectivity index (χ1v) is 31.2. The lowest BCUT2D eigenvalue weighted by atomic mass is 10.4. The molecule has 5 unspecified atom stereocenters. The van der Waals surface area contributed by atoms with Gasteiger partial charge in [0.05, 0.1) is 38.1 Å². The topological polar surface area (TPSA) is 114 Å². The van der Waals surface area contributed by atoms with Crippen LogP contribution in [0.2, 0.25) is 77.1 Å². The van der Waals surface area contributed by atoms with E-state index in [1.54, 1.807) is 20.4 Å². The van der Waals surface area contributed by atoms with Gasteiger partial charge in [0.15, 0.2) is 22.9 Å². The third-order valence-electron chi connectivity index (χ3n) is 6.72. The van der Waals surface area contributed by atoms with Gasteiger partial charge in [-0.1, -0.05) is 0 Å². The van der Waals surface area contributed by atoms with Crippen LogP contribution in [0.4, 0.5) is 13.2 Å². The highest BCUT2D eigenvalue weighted by molar-refractivity contribution is 6.90. The van der Waals surface area contributed by atoms with E-state index < -0.39 is 67.3 Å². The quantitative estimate of drug-likeness (QED) is 0.0504. The minimum Gasteiger partial charge on any atom is -0.436 e. The van der Waals surface area contributed by atoms with E-state index in [1.165, 1.54) is 0 Å². The highest BCUT2D eigenvalue weighted by Crippen LogP contribution is 2.34. The summed E-state index contributed by atoms with van der Waals surface area (Å²) in [5, 5.41) is 18.7. The van der Waals surface area contributed by atoms with Gasteiger partial charge in [-0.25, -0.2) is 0 Å². The molecule has 18 heteroatoms. The molecule has 0 saturated heterocycles. The normalized spacial score (nSPS) is 17.7. The van der Waals surface area contributed by atoms with Gasteiger partial charge in [-0.15, -0.1) is 0 Å². The summed E-state index contributed by atoms with van der Waals surface area (Å²) in [5.41, 5.74) is 0. The van der Waals surface area contributed by atoms with Gasteiger partial charge in [-0.3, -0.25) is 0 Å². The molecule has 0 spiro atoms. The monoisotopic (exact) mass is 772 g/mol. The van der Waals surface area contributed by atoms with Crippen molar-refractivity contribution in [1.29, 1.82) is 0 Å². The highest BCUT2D eigenvalue weighted by atomic mass is 28.5. The van der Waals surface area contributed by atoms with Crippen LogP contribution in [0, 0.1) is 0 Å². The fourth-order valence-electron chi connectivity index (χ4n) is 5.43. The van der Waals surface area contributed by atoms with Crippen molar-refractivity contribution >= 4 is 42.3 Å². The van der Waals surface area contributed by atoms with Crippen LogP contribution < -0.4 is 0 Å². The molecule has 2 N–H and O–H groups in total. The Labute approximate surface area is 288 Å². The van der Waals surface area contributed by atoms with Crippen LogP contribution in [0.5, 0.6) is 0 Å². The molecule has 284 valence electrons. The average Bonchev–Trinajstić information content (AvgIpc) is 2.82. The molecule has 10 nitrogen and oxygen atoms in total. The fourth-order valence-corrected chi connectivity index (χ4v) is 30.4. The van der Waals surface area contributed by atoms with Crippen molar-refractivity contribution in [3.05, 3.63) is 0 Å². The average molecular weight is 773 g/mol. The summed E-state index contributed by atoms with van der Waals surface area (Å²) < 4.78 is 89.0. The molecular weight excluding hydrogens is 706 g/mol. The predicted molar refractivity (Wildman–Crippen MR) is 191 cm³/mol. The summed E-state index contributed by atoms with van der Waals surface area (Å²) in [5.74, 6) is 0. The second-order valence-corrected chi connectivity index (χ2v) is 34.5. The van der Waals surface area contributed by atoms with Gasteiger partial charge in [-0.2, -0.15) is 13.2 Å². The number of hydrogen-bond donors (Lipinski definition) is 2. The number of hydrogen-bond acceptors (Lipinski definition) is 10. The van der Waals surface area contributed by atoms with Gasteiger partial charge in [0.25, 0.3) is 0 Å². The van der Waals surface area contributed by atoms with E-state index in [0.29, 0.717) is 26.4 Å². The Morgan fingerprint density at radius 1 is 0.596 bits per heavy atom. The second kappa shape index (κ2) is 21.1. The number of halogens is 3. The third-order valence-corrected chi connectivity index (χ3v) is 26.7. The zero-order valence-electron chi connectivity index (χ0n) is 31.4. The number of alkyl halides is 3. The first kappa shape index (κ1) is 47.5. The van der Waals surface area contributed by atoms with E-state index >= 15 is 0 Å². The van der Waals surface area contributed by atoms with Crippen molar-refractivity contribution in [3.63, 3.8) is 0 Å². The number of aliphatic hydroxyl groups excluding tert-OH is 2. The Bertz CT molecular complexity index is 854. The van der Waals surface area contributed by atoms with Crippen molar-refractivity contribution in [2.45, 2.75) is 155 Å². The summed E-state index contributed by atoms with van der Waals surface area (Å²) in [6.45, 7) is 26.7. The summed E-state index contributed by atoms with van der Waals surface area (Å²) in [6.07, 6.45) is -5.51. The van der Waals surface area contributed by atoms with E-state index in [1.807, 2.05) is 40.0 Å². The highest BCUT2D eigenvalue weighted by Gasteiger charge is 2.49. The van der Waals surface area contributed by atoms with Crippen LogP contribution in [0.1, 0.15) is 47.0 Å². The minimum atomic E-state index is -4.33. The van der Waals surface area contributed by atoms with Gasteiger partial charge in [0.2, 0.25) is 0 Å². The van der Waals surface area contributed by atoms with Crippen LogP contribution in [0.25, 0.3) is 0 Å². The maximum atomic E-state index is 13.5. The van der Waals surface area contributed by atoms with Crippen LogP contribution in [-0.2, 0) is 35.4 Å². The summed E-state index contributed by atoms with van der Waals surface area (Å²) in [4.78, 5) is 0. The van der Waals surface area contributed by atoms with E-state index in [-0.39, 0.29) is 24.9 Å². The van der Waals surface area contributed by atoms with Crippen molar-refractivity contribution in [2.24, 2.45) is 0 Å². The molecule has 0 heterocycles. The lowest BCUT2D eigenvalue weighted by Gasteiger charge is -2.44. The molecule has 0 aromatic carbocycles. The molecule has 0 fully saturated rings. The van der Waals surface area contributed by atoms with E-state index in [9.17, 15) is 23.4 Å². The first-order valence-electron chi connectivity index (χ1n) is 16.8. The van der Waals surface area contributed by atoms with Crippen molar-refractivity contribution in [2.75, 3.05) is 33.0 Å². The number of ether oxygens (including phenoxy) is 4. The first-order chi connectivity index (χ1) is 21.2. The molecule has 0 bridgehead atoms. The summed E-state index contributed by atoms with van der Waals surface area (Å²) in [6, 6.07) is 1.36. The van der Waals surface area contributed by atoms with Crippen molar-refractivity contribution < 1.29 is 58.8 Å². The smallest absolute Gasteiger partial charge is 0.389 e. The number of rotatable bonds is 27. The second-order valence-electron chi connectivity index (χ2n) is 14.9. The van der Waals surface area contributed by atoms with Gasteiger partial charge in [0, 0.05) is 19.6 Å². The molecule has 0 aliphatic carbocycles. The Morgan fingerprint density at radius 2 is 1.02 bits per heavy atom. The van der Waals surface area contributed by atoms with Gasteiger partial charge < -0.3 is 45.6 Å². The largest absolute Gasteiger partial charge is 0.436 e. The van der Waals surface area contributed by atoms with Crippen LogP contribution >= 0.6 is 0 Å². The summed E-state index contributed by atoms with van der Waals surface area (Å²) in [7, 11) is -13.7. The summed E-state index contributed by atoms with van der Waals surface area (Å²) >= 11 is 0. The van der Waals surface area contributed by atoms with E-state index in [0.717, 1.165) is 24.9 Å². The van der Waals surface area contributed by atoms with E-state index in [2.05, 4.69) is 26.2 Å². The third kappa shape index (κ3) is 26.9. The van der Waals surface area contributed by atoms with Crippen LogP contribution in [0.15, 0.2) is 0 Å².